The molecule has 1 fully saturated rings. The lowest BCUT2D eigenvalue weighted by Gasteiger charge is -2.24. The summed E-state index contributed by atoms with van der Waals surface area (Å²) in [5.74, 6) is 2.86. The van der Waals surface area contributed by atoms with Crippen LogP contribution in [0, 0.1) is 6.92 Å². The minimum atomic E-state index is 0.116. The minimum Gasteiger partial charge on any atom is -0.370 e. The first kappa shape index (κ1) is 15.5. The molecule has 0 bridgehead atoms. The predicted molar refractivity (Wildman–Crippen MR) is 84.8 cm³/mol. The average molecular weight is 291 g/mol. The number of aryl methyl sites for hydroxylation is 1. The number of nitrogens with zero attached hydrogens (tertiary/aromatic N) is 3. The van der Waals surface area contributed by atoms with Crippen LogP contribution in [0.25, 0.3) is 0 Å². The normalized spacial score (nSPS) is 15.6. The fraction of sp³-hybridized carbons (Fsp3) is 0.667. The second-order valence-electron chi connectivity index (χ2n) is 5.30. The van der Waals surface area contributed by atoms with Gasteiger partial charge in [0, 0.05) is 44.6 Å². The Morgan fingerprint density at radius 2 is 2.10 bits per heavy atom. The number of hydrogen-bond acceptors (Lipinski definition) is 5. The van der Waals surface area contributed by atoms with Gasteiger partial charge in [0.25, 0.3) is 0 Å². The molecule has 1 saturated heterocycles. The first-order chi connectivity index (χ1) is 10.2. The minimum absolute atomic E-state index is 0.116. The lowest BCUT2D eigenvalue weighted by atomic mass is 10.2. The van der Waals surface area contributed by atoms with Gasteiger partial charge in [0.05, 0.1) is 0 Å². The lowest BCUT2D eigenvalue weighted by Crippen LogP contribution is -2.30. The molecule has 0 unspecified atom stereocenters. The molecule has 2 heterocycles. The smallest absolute Gasteiger partial charge is 0.221 e. The first-order valence-corrected chi connectivity index (χ1v) is 7.78. The molecular formula is C15H25N5O. The SMILES string of the molecule is CCCc1nc(NCC)c(C)c(N2CCNC(=O)CC2)n1. The molecule has 2 rings (SSSR count). The van der Waals surface area contributed by atoms with Crippen LogP contribution in [0.3, 0.4) is 0 Å². The molecule has 0 saturated carbocycles. The third-order valence-electron chi connectivity index (χ3n) is 3.60. The molecule has 0 radical (unpaired) electrons. The molecule has 0 aromatic carbocycles. The van der Waals surface area contributed by atoms with Crippen molar-refractivity contribution in [1.29, 1.82) is 0 Å². The average Bonchev–Trinajstić information content (AvgIpc) is 2.67. The third kappa shape index (κ3) is 3.83. The van der Waals surface area contributed by atoms with E-state index >= 15 is 0 Å². The van der Waals surface area contributed by atoms with Crippen molar-refractivity contribution in [1.82, 2.24) is 15.3 Å². The summed E-state index contributed by atoms with van der Waals surface area (Å²) in [4.78, 5) is 23.0. The van der Waals surface area contributed by atoms with E-state index in [0.717, 1.165) is 49.0 Å². The summed E-state index contributed by atoms with van der Waals surface area (Å²) in [6.07, 6.45) is 2.41. The molecule has 1 amide bonds. The fourth-order valence-corrected chi connectivity index (χ4v) is 2.51. The highest BCUT2D eigenvalue weighted by molar-refractivity contribution is 5.77. The number of aromatic nitrogens is 2. The van der Waals surface area contributed by atoms with Gasteiger partial charge in [-0.15, -0.1) is 0 Å². The Hall–Kier alpha value is -1.85. The van der Waals surface area contributed by atoms with Crippen LogP contribution in [0.4, 0.5) is 11.6 Å². The van der Waals surface area contributed by atoms with Crippen molar-refractivity contribution in [3.63, 3.8) is 0 Å². The number of carbonyl (C=O) groups is 1. The Morgan fingerprint density at radius 1 is 1.29 bits per heavy atom. The van der Waals surface area contributed by atoms with Gasteiger partial charge < -0.3 is 15.5 Å². The number of hydrogen-bond donors (Lipinski definition) is 2. The molecule has 6 heteroatoms. The van der Waals surface area contributed by atoms with E-state index in [1.807, 2.05) is 6.92 Å². The largest absolute Gasteiger partial charge is 0.370 e. The Balaban J connectivity index is 2.33. The molecule has 6 nitrogen and oxygen atoms in total. The van der Waals surface area contributed by atoms with Crippen molar-refractivity contribution in [3.05, 3.63) is 11.4 Å². The van der Waals surface area contributed by atoms with Gasteiger partial charge in [0.1, 0.15) is 17.5 Å². The maximum atomic E-state index is 11.5. The van der Waals surface area contributed by atoms with Crippen molar-refractivity contribution in [2.24, 2.45) is 0 Å². The van der Waals surface area contributed by atoms with E-state index in [-0.39, 0.29) is 5.91 Å². The van der Waals surface area contributed by atoms with Gasteiger partial charge >= 0.3 is 0 Å². The van der Waals surface area contributed by atoms with E-state index in [9.17, 15) is 4.79 Å². The fourth-order valence-electron chi connectivity index (χ4n) is 2.51. The van der Waals surface area contributed by atoms with Crippen LogP contribution in [0.5, 0.6) is 0 Å². The zero-order valence-electron chi connectivity index (χ0n) is 13.2. The molecule has 2 N–H and O–H groups in total. The number of amides is 1. The Morgan fingerprint density at radius 3 is 2.81 bits per heavy atom. The highest BCUT2D eigenvalue weighted by Gasteiger charge is 2.19. The van der Waals surface area contributed by atoms with Gasteiger partial charge in [-0.25, -0.2) is 9.97 Å². The summed E-state index contributed by atoms with van der Waals surface area (Å²) in [6, 6.07) is 0. The van der Waals surface area contributed by atoms with Gasteiger partial charge in [0.2, 0.25) is 5.91 Å². The molecule has 0 aliphatic carbocycles. The maximum absolute atomic E-state index is 11.5. The van der Waals surface area contributed by atoms with E-state index < -0.39 is 0 Å². The quantitative estimate of drug-likeness (QED) is 0.860. The van der Waals surface area contributed by atoms with Crippen LogP contribution >= 0.6 is 0 Å². The van der Waals surface area contributed by atoms with E-state index in [1.165, 1.54) is 0 Å². The highest BCUT2D eigenvalue weighted by atomic mass is 16.1. The summed E-state index contributed by atoms with van der Waals surface area (Å²) < 4.78 is 0. The second kappa shape index (κ2) is 7.24. The van der Waals surface area contributed by atoms with Crippen LogP contribution < -0.4 is 15.5 Å². The van der Waals surface area contributed by atoms with E-state index in [2.05, 4.69) is 34.4 Å². The maximum Gasteiger partial charge on any atom is 0.221 e. The number of carbonyl (C=O) groups excluding carboxylic acids is 1. The van der Waals surface area contributed by atoms with Gasteiger partial charge in [-0.3, -0.25) is 4.79 Å². The molecule has 21 heavy (non-hydrogen) atoms. The van der Waals surface area contributed by atoms with Gasteiger partial charge in [-0.2, -0.15) is 0 Å². The van der Waals surface area contributed by atoms with Crippen LogP contribution in [0.1, 0.15) is 38.1 Å². The summed E-state index contributed by atoms with van der Waals surface area (Å²) in [7, 11) is 0. The lowest BCUT2D eigenvalue weighted by molar-refractivity contribution is -0.120. The Labute approximate surface area is 126 Å². The summed E-state index contributed by atoms with van der Waals surface area (Å²) in [6.45, 7) is 9.25. The van der Waals surface area contributed by atoms with Crippen LogP contribution in [-0.2, 0) is 11.2 Å². The van der Waals surface area contributed by atoms with E-state index in [1.54, 1.807) is 0 Å². The Bertz CT molecular complexity index is 503. The molecular weight excluding hydrogens is 266 g/mol. The van der Waals surface area contributed by atoms with Crippen LogP contribution in [0.2, 0.25) is 0 Å². The van der Waals surface area contributed by atoms with Gasteiger partial charge in [-0.05, 0) is 20.3 Å². The van der Waals surface area contributed by atoms with Crippen molar-refractivity contribution in [2.75, 3.05) is 36.4 Å². The van der Waals surface area contributed by atoms with Crippen molar-refractivity contribution in [3.8, 4) is 0 Å². The second-order valence-corrected chi connectivity index (χ2v) is 5.30. The molecule has 1 aliphatic rings. The molecule has 0 atom stereocenters. The molecule has 116 valence electrons. The number of anilines is 2. The number of nitrogens with one attached hydrogen (secondary N) is 2. The summed E-state index contributed by atoms with van der Waals surface area (Å²) in [5, 5.41) is 6.22. The molecule has 1 aromatic heterocycles. The zero-order chi connectivity index (χ0) is 15.2. The summed E-state index contributed by atoms with van der Waals surface area (Å²) >= 11 is 0. The van der Waals surface area contributed by atoms with Crippen molar-refractivity contribution < 1.29 is 4.79 Å². The zero-order valence-corrected chi connectivity index (χ0v) is 13.2. The number of rotatable bonds is 5. The third-order valence-corrected chi connectivity index (χ3v) is 3.60. The Kier molecular flexibility index (Phi) is 5.36. The predicted octanol–water partition coefficient (Wildman–Crippen LogP) is 1.50. The highest BCUT2D eigenvalue weighted by Crippen LogP contribution is 2.24. The van der Waals surface area contributed by atoms with Crippen molar-refractivity contribution in [2.45, 2.75) is 40.0 Å². The van der Waals surface area contributed by atoms with E-state index in [0.29, 0.717) is 19.5 Å². The standard InChI is InChI=1S/C15H25N5O/c1-4-6-12-18-14(16-5-2)11(3)15(19-12)20-9-7-13(21)17-8-10-20/h4-10H2,1-3H3,(H,17,21)(H,16,18,19). The van der Waals surface area contributed by atoms with Crippen molar-refractivity contribution >= 4 is 17.5 Å². The van der Waals surface area contributed by atoms with Crippen LogP contribution in [0.15, 0.2) is 0 Å². The monoisotopic (exact) mass is 291 g/mol. The van der Waals surface area contributed by atoms with E-state index in [4.69, 9.17) is 4.98 Å². The first-order valence-electron chi connectivity index (χ1n) is 7.78. The van der Waals surface area contributed by atoms with Gasteiger partial charge in [0.15, 0.2) is 0 Å². The molecule has 1 aliphatic heterocycles. The topological polar surface area (TPSA) is 70.2 Å². The molecule has 0 spiro atoms. The van der Waals surface area contributed by atoms with Crippen LogP contribution in [-0.4, -0.2) is 42.1 Å². The summed E-state index contributed by atoms with van der Waals surface area (Å²) in [5.41, 5.74) is 1.06. The van der Waals surface area contributed by atoms with Gasteiger partial charge in [-0.1, -0.05) is 6.92 Å². The molecule has 1 aromatic rings.